The van der Waals surface area contributed by atoms with Crippen LogP contribution >= 0.6 is 27.5 Å². The number of hydrogen-bond acceptors (Lipinski definition) is 1. The molecule has 64 valence electrons. The van der Waals surface area contributed by atoms with Crippen LogP contribution in [0.3, 0.4) is 0 Å². The molecule has 0 radical (unpaired) electrons. The summed E-state index contributed by atoms with van der Waals surface area (Å²) in [4.78, 5) is 9.99. The van der Waals surface area contributed by atoms with Crippen molar-refractivity contribution in [2.45, 2.75) is 0 Å². The largest absolute Gasteiger partial charge is 0.326 e. The van der Waals surface area contributed by atoms with Crippen LogP contribution in [0.25, 0.3) is 0 Å². The first-order valence-electron chi connectivity index (χ1n) is 3.00. The minimum absolute atomic E-state index is 0.0400. The number of hydrogen-bond donors (Lipinski definition) is 1. The predicted molar refractivity (Wildman–Crippen MR) is 48.8 cm³/mol. The van der Waals surface area contributed by atoms with Gasteiger partial charge in [0.25, 0.3) is 0 Å². The number of carbonyl (C=O) groups excluding carboxylic acids is 1. The van der Waals surface area contributed by atoms with Gasteiger partial charge in [-0.3, -0.25) is 4.79 Å². The summed E-state index contributed by atoms with van der Waals surface area (Å²) >= 11 is 8.58. The molecule has 2 nitrogen and oxygen atoms in total. The van der Waals surface area contributed by atoms with Crippen LogP contribution in [0.1, 0.15) is 0 Å². The summed E-state index contributed by atoms with van der Waals surface area (Å²) < 4.78 is 13.5. The Balaban J connectivity index is 3.16. The van der Waals surface area contributed by atoms with Crippen LogP contribution < -0.4 is 5.32 Å². The Morgan fingerprint density at radius 1 is 1.58 bits per heavy atom. The van der Waals surface area contributed by atoms with Gasteiger partial charge in [0.15, 0.2) is 5.82 Å². The van der Waals surface area contributed by atoms with E-state index in [1.165, 1.54) is 6.07 Å². The van der Waals surface area contributed by atoms with E-state index in [1.54, 1.807) is 6.07 Å². The summed E-state index contributed by atoms with van der Waals surface area (Å²) in [6, 6.07) is 2.97. The zero-order valence-electron chi connectivity index (χ0n) is 5.77. The second-order valence-electron chi connectivity index (χ2n) is 1.99. The van der Waals surface area contributed by atoms with Crippen LogP contribution in [0.2, 0.25) is 5.02 Å². The van der Waals surface area contributed by atoms with Crippen LogP contribution in [0, 0.1) is 5.82 Å². The van der Waals surface area contributed by atoms with Crippen molar-refractivity contribution < 1.29 is 9.18 Å². The van der Waals surface area contributed by atoms with Crippen molar-refractivity contribution >= 4 is 39.6 Å². The SMILES string of the molecule is O=CNc1ccc(Br)c(Cl)c1F. The van der Waals surface area contributed by atoms with E-state index in [-0.39, 0.29) is 10.7 Å². The van der Waals surface area contributed by atoms with Gasteiger partial charge >= 0.3 is 0 Å². The second kappa shape index (κ2) is 3.87. The van der Waals surface area contributed by atoms with Crippen LogP contribution in [0.4, 0.5) is 10.1 Å². The topological polar surface area (TPSA) is 29.1 Å². The van der Waals surface area contributed by atoms with Gasteiger partial charge in [0.2, 0.25) is 6.41 Å². The van der Waals surface area contributed by atoms with Gasteiger partial charge in [0.1, 0.15) is 0 Å². The molecule has 0 saturated heterocycles. The van der Waals surface area contributed by atoms with E-state index in [1.807, 2.05) is 0 Å². The van der Waals surface area contributed by atoms with Crippen molar-refractivity contribution in [3.05, 3.63) is 27.4 Å². The van der Waals surface area contributed by atoms with Gasteiger partial charge in [-0.15, -0.1) is 0 Å². The van der Waals surface area contributed by atoms with Crippen molar-refractivity contribution in [1.82, 2.24) is 0 Å². The number of amides is 1. The standard InChI is InChI=1S/C7H4BrClFNO/c8-4-1-2-5(11-3-12)7(10)6(4)9/h1-3H,(H,11,12). The third kappa shape index (κ3) is 1.76. The van der Waals surface area contributed by atoms with Crippen molar-refractivity contribution in [3.63, 3.8) is 0 Å². The Hall–Kier alpha value is -0.610. The van der Waals surface area contributed by atoms with Gasteiger partial charge in [-0.25, -0.2) is 4.39 Å². The second-order valence-corrected chi connectivity index (χ2v) is 3.22. The first-order chi connectivity index (χ1) is 5.66. The van der Waals surface area contributed by atoms with Gasteiger partial charge < -0.3 is 5.32 Å². The number of anilines is 1. The van der Waals surface area contributed by atoms with Gasteiger partial charge in [-0.05, 0) is 28.1 Å². The summed E-state index contributed by atoms with van der Waals surface area (Å²) in [5, 5.41) is 2.14. The molecule has 1 amide bonds. The minimum atomic E-state index is -0.641. The average molecular weight is 252 g/mol. The lowest BCUT2D eigenvalue weighted by Crippen LogP contribution is -1.97. The van der Waals surface area contributed by atoms with Gasteiger partial charge in [0.05, 0.1) is 10.7 Å². The van der Waals surface area contributed by atoms with E-state index in [0.717, 1.165) is 0 Å². The first-order valence-corrected chi connectivity index (χ1v) is 4.17. The lowest BCUT2D eigenvalue weighted by molar-refractivity contribution is -0.105. The van der Waals surface area contributed by atoms with E-state index in [2.05, 4.69) is 21.2 Å². The highest BCUT2D eigenvalue weighted by Gasteiger charge is 2.08. The number of nitrogens with one attached hydrogen (secondary N) is 1. The van der Waals surface area contributed by atoms with E-state index in [4.69, 9.17) is 11.6 Å². The van der Waals surface area contributed by atoms with Crippen molar-refractivity contribution in [2.75, 3.05) is 5.32 Å². The maximum atomic E-state index is 13.1. The zero-order chi connectivity index (χ0) is 9.14. The fourth-order valence-corrected chi connectivity index (χ4v) is 1.17. The normalized spacial score (nSPS) is 9.58. The highest BCUT2D eigenvalue weighted by atomic mass is 79.9. The first kappa shape index (κ1) is 9.48. The van der Waals surface area contributed by atoms with Crippen LogP contribution in [-0.4, -0.2) is 6.41 Å². The van der Waals surface area contributed by atoms with Gasteiger partial charge in [0, 0.05) is 4.47 Å². The molecule has 0 bridgehead atoms. The highest BCUT2D eigenvalue weighted by Crippen LogP contribution is 2.29. The Bertz CT molecular complexity index is 319. The predicted octanol–water partition coefficient (Wildman–Crippen LogP) is 2.81. The molecule has 0 atom stereocenters. The van der Waals surface area contributed by atoms with E-state index >= 15 is 0 Å². The Kier molecular flexibility index (Phi) is 3.05. The fourth-order valence-electron chi connectivity index (χ4n) is 0.701. The Morgan fingerprint density at radius 3 is 2.83 bits per heavy atom. The minimum Gasteiger partial charge on any atom is -0.326 e. The molecule has 0 aliphatic heterocycles. The molecule has 5 heteroatoms. The van der Waals surface area contributed by atoms with E-state index in [9.17, 15) is 9.18 Å². The molecule has 0 aromatic heterocycles. The Morgan fingerprint density at radius 2 is 2.25 bits per heavy atom. The lowest BCUT2D eigenvalue weighted by Gasteiger charge is -2.03. The third-order valence-electron chi connectivity index (χ3n) is 1.25. The van der Waals surface area contributed by atoms with Gasteiger partial charge in [-0.2, -0.15) is 0 Å². The van der Waals surface area contributed by atoms with Crippen LogP contribution in [-0.2, 0) is 4.79 Å². The summed E-state index contributed by atoms with van der Waals surface area (Å²) in [5.74, 6) is -0.641. The molecule has 0 unspecified atom stereocenters. The molecule has 0 heterocycles. The summed E-state index contributed by atoms with van der Waals surface area (Å²) in [5.41, 5.74) is 0.0678. The smallest absolute Gasteiger partial charge is 0.211 e. The lowest BCUT2D eigenvalue weighted by atomic mass is 10.3. The number of benzene rings is 1. The number of carbonyl (C=O) groups is 1. The monoisotopic (exact) mass is 251 g/mol. The molecule has 0 aliphatic rings. The molecule has 1 aromatic carbocycles. The Labute approximate surface area is 81.8 Å². The van der Waals surface area contributed by atoms with E-state index in [0.29, 0.717) is 10.9 Å². The molecule has 0 fully saturated rings. The molecule has 12 heavy (non-hydrogen) atoms. The van der Waals surface area contributed by atoms with Gasteiger partial charge in [-0.1, -0.05) is 11.6 Å². The van der Waals surface area contributed by atoms with Crippen molar-refractivity contribution in [1.29, 1.82) is 0 Å². The van der Waals surface area contributed by atoms with Crippen LogP contribution in [0.15, 0.2) is 16.6 Å². The van der Waals surface area contributed by atoms with E-state index < -0.39 is 5.82 Å². The molecule has 1 rings (SSSR count). The summed E-state index contributed by atoms with van der Waals surface area (Å²) in [6.07, 6.45) is 0.392. The molecule has 0 saturated carbocycles. The quantitative estimate of drug-likeness (QED) is 0.636. The highest BCUT2D eigenvalue weighted by molar-refractivity contribution is 9.10. The molecule has 0 aliphatic carbocycles. The summed E-state index contributed by atoms with van der Waals surface area (Å²) in [7, 11) is 0. The maximum Gasteiger partial charge on any atom is 0.211 e. The average Bonchev–Trinajstić information content (AvgIpc) is 2.07. The number of halogens is 3. The number of rotatable bonds is 2. The molecule has 1 aromatic rings. The maximum absolute atomic E-state index is 13.1. The van der Waals surface area contributed by atoms with Crippen molar-refractivity contribution in [3.8, 4) is 0 Å². The summed E-state index contributed by atoms with van der Waals surface area (Å²) in [6.45, 7) is 0. The molecule has 0 spiro atoms. The molecular formula is C7H4BrClFNO. The third-order valence-corrected chi connectivity index (χ3v) is 2.51. The zero-order valence-corrected chi connectivity index (χ0v) is 8.12. The fraction of sp³-hybridized carbons (Fsp3) is 0. The molecular weight excluding hydrogens is 248 g/mol. The molecule has 1 N–H and O–H groups in total. The van der Waals surface area contributed by atoms with Crippen molar-refractivity contribution in [2.24, 2.45) is 0 Å². The van der Waals surface area contributed by atoms with Crippen LogP contribution in [0.5, 0.6) is 0 Å².